The zero-order valence-electron chi connectivity index (χ0n) is 15.4. The third-order valence-corrected chi connectivity index (χ3v) is 7.01. The Morgan fingerprint density at radius 3 is 2.66 bits per heavy atom. The van der Waals surface area contributed by atoms with Gasteiger partial charge in [-0.05, 0) is 36.2 Å². The van der Waals surface area contributed by atoms with Crippen molar-refractivity contribution < 1.29 is 17.6 Å². The topological polar surface area (TPSA) is 84.7 Å². The minimum absolute atomic E-state index is 0.0172. The van der Waals surface area contributed by atoms with Crippen molar-refractivity contribution in [2.75, 3.05) is 11.5 Å². The monoisotopic (exact) mass is 431 g/mol. The zero-order chi connectivity index (χ0) is 20.6. The summed E-state index contributed by atoms with van der Waals surface area (Å²) in [6.07, 6.45) is 0.327. The Hall–Kier alpha value is -2.64. The molecule has 8 heteroatoms. The Kier molecular flexibility index (Phi) is 5.19. The summed E-state index contributed by atoms with van der Waals surface area (Å²) in [5.41, 5.74) is 0.278. The predicted molar refractivity (Wildman–Crippen MR) is 111 cm³/mol. The van der Waals surface area contributed by atoms with Crippen LogP contribution in [0.2, 0.25) is 5.02 Å². The van der Waals surface area contributed by atoms with Crippen molar-refractivity contribution >= 4 is 38.3 Å². The van der Waals surface area contributed by atoms with Gasteiger partial charge in [-0.25, -0.2) is 13.2 Å². The molecule has 1 aliphatic rings. The van der Waals surface area contributed by atoms with E-state index in [0.29, 0.717) is 22.4 Å². The first-order valence-electron chi connectivity index (χ1n) is 9.11. The fourth-order valence-corrected chi connectivity index (χ4v) is 5.53. The molecule has 2 aromatic carbocycles. The average Bonchev–Trinajstić information content (AvgIpc) is 3.04. The molecule has 150 valence electrons. The molecule has 1 aromatic heterocycles. The third-order valence-electron chi connectivity index (χ3n) is 5.02. The Balaban J connectivity index is 1.75. The molecule has 3 aromatic rings. The molecule has 2 heterocycles. The fourth-order valence-electron chi connectivity index (χ4n) is 3.59. The SMILES string of the molecule is O=C(c1cc2ccccc2oc1=O)N(Cc1cccc(Cl)c1)[C@@H]1CCS(=O)(=O)C1. The molecule has 1 amide bonds. The molecule has 0 spiro atoms. The maximum absolute atomic E-state index is 13.3. The molecule has 0 saturated carbocycles. The van der Waals surface area contributed by atoms with Crippen LogP contribution in [0.15, 0.2) is 63.8 Å². The van der Waals surface area contributed by atoms with E-state index >= 15 is 0 Å². The summed E-state index contributed by atoms with van der Waals surface area (Å²) in [5.74, 6) is -0.659. The lowest BCUT2D eigenvalue weighted by Crippen LogP contribution is -2.42. The highest BCUT2D eigenvalue weighted by atomic mass is 35.5. The molecule has 0 bridgehead atoms. The highest BCUT2D eigenvalue weighted by Crippen LogP contribution is 2.24. The van der Waals surface area contributed by atoms with Crippen molar-refractivity contribution in [2.24, 2.45) is 0 Å². The quantitative estimate of drug-likeness (QED) is 0.592. The van der Waals surface area contributed by atoms with Crippen molar-refractivity contribution in [3.05, 3.63) is 81.2 Å². The molecule has 1 fully saturated rings. The second kappa shape index (κ2) is 7.65. The lowest BCUT2D eigenvalue weighted by Gasteiger charge is -2.28. The first-order chi connectivity index (χ1) is 13.8. The van der Waals surface area contributed by atoms with Gasteiger partial charge in [0.1, 0.15) is 11.1 Å². The van der Waals surface area contributed by atoms with Crippen molar-refractivity contribution in [3.63, 3.8) is 0 Å². The maximum Gasteiger partial charge on any atom is 0.349 e. The van der Waals surface area contributed by atoms with Crippen molar-refractivity contribution in [1.29, 1.82) is 0 Å². The second-order valence-corrected chi connectivity index (χ2v) is 9.77. The molecule has 4 rings (SSSR count). The number of nitrogens with zero attached hydrogens (tertiary/aromatic N) is 1. The predicted octanol–water partition coefficient (Wildman–Crippen LogP) is 3.28. The van der Waals surface area contributed by atoms with Crippen LogP contribution in [0.3, 0.4) is 0 Å². The summed E-state index contributed by atoms with van der Waals surface area (Å²) in [4.78, 5) is 27.3. The Labute approximate surface area is 172 Å². The lowest BCUT2D eigenvalue weighted by molar-refractivity contribution is 0.0676. The summed E-state index contributed by atoms with van der Waals surface area (Å²) in [5, 5.41) is 1.14. The molecule has 1 atom stereocenters. The van der Waals surface area contributed by atoms with Gasteiger partial charge in [0.25, 0.3) is 5.91 Å². The Morgan fingerprint density at radius 1 is 1.14 bits per heavy atom. The first-order valence-corrected chi connectivity index (χ1v) is 11.3. The molecule has 0 unspecified atom stereocenters. The summed E-state index contributed by atoms with van der Waals surface area (Å²) >= 11 is 6.06. The van der Waals surface area contributed by atoms with Crippen LogP contribution in [0.25, 0.3) is 11.0 Å². The van der Waals surface area contributed by atoms with Crippen LogP contribution >= 0.6 is 11.6 Å². The third kappa shape index (κ3) is 4.21. The number of para-hydroxylation sites is 1. The van der Waals surface area contributed by atoms with E-state index in [9.17, 15) is 18.0 Å². The molecule has 1 aliphatic heterocycles. The molecular formula is C21H18ClNO5S. The summed E-state index contributed by atoms with van der Waals surface area (Å²) in [6.45, 7) is 0.145. The summed E-state index contributed by atoms with van der Waals surface area (Å²) < 4.78 is 29.3. The smallest absolute Gasteiger partial charge is 0.349 e. The Morgan fingerprint density at radius 2 is 1.93 bits per heavy atom. The van der Waals surface area contributed by atoms with Crippen LogP contribution in [-0.2, 0) is 16.4 Å². The highest BCUT2D eigenvalue weighted by molar-refractivity contribution is 7.91. The highest BCUT2D eigenvalue weighted by Gasteiger charge is 2.36. The van der Waals surface area contributed by atoms with E-state index in [0.717, 1.165) is 5.56 Å². The van der Waals surface area contributed by atoms with Crippen molar-refractivity contribution in [1.82, 2.24) is 4.90 Å². The minimum Gasteiger partial charge on any atom is -0.422 e. The summed E-state index contributed by atoms with van der Waals surface area (Å²) in [7, 11) is -3.22. The van der Waals surface area contributed by atoms with Gasteiger partial charge in [0.15, 0.2) is 9.84 Å². The second-order valence-electron chi connectivity index (χ2n) is 7.11. The van der Waals surface area contributed by atoms with Gasteiger partial charge in [-0.2, -0.15) is 0 Å². The van der Waals surface area contributed by atoms with E-state index in [-0.39, 0.29) is 23.6 Å². The molecule has 0 N–H and O–H groups in total. The molecular weight excluding hydrogens is 414 g/mol. The van der Waals surface area contributed by atoms with E-state index in [4.69, 9.17) is 16.0 Å². The average molecular weight is 432 g/mol. The van der Waals surface area contributed by atoms with Gasteiger partial charge in [0.05, 0.1) is 11.5 Å². The standard InChI is InChI=1S/C21H18ClNO5S/c22-16-6-3-4-14(10-16)12-23(17-8-9-29(26,27)13-17)20(24)18-11-15-5-1-2-7-19(15)28-21(18)25/h1-7,10-11,17H,8-9,12-13H2/t17-/m1/s1. The van der Waals surface area contributed by atoms with E-state index in [1.807, 2.05) is 0 Å². The number of sulfone groups is 1. The Bertz CT molecular complexity index is 1250. The van der Waals surface area contributed by atoms with Gasteiger partial charge < -0.3 is 9.32 Å². The van der Waals surface area contributed by atoms with Crippen LogP contribution in [0.5, 0.6) is 0 Å². The van der Waals surface area contributed by atoms with Gasteiger partial charge in [0, 0.05) is 23.0 Å². The van der Waals surface area contributed by atoms with Gasteiger partial charge in [-0.15, -0.1) is 0 Å². The first kappa shape index (κ1) is 19.7. The number of amides is 1. The number of rotatable bonds is 4. The van der Waals surface area contributed by atoms with E-state index in [1.165, 1.54) is 11.0 Å². The molecule has 1 saturated heterocycles. The molecule has 6 nitrogen and oxygen atoms in total. The minimum atomic E-state index is -3.22. The van der Waals surface area contributed by atoms with E-state index < -0.39 is 27.4 Å². The van der Waals surface area contributed by atoms with Crippen molar-refractivity contribution in [2.45, 2.75) is 19.0 Å². The van der Waals surface area contributed by atoms with Gasteiger partial charge in [-0.3, -0.25) is 4.79 Å². The molecule has 29 heavy (non-hydrogen) atoms. The number of hydrogen-bond acceptors (Lipinski definition) is 5. The van der Waals surface area contributed by atoms with Crippen LogP contribution in [0.4, 0.5) is 0 Å². The number of benzene rings is 2. The fraction of sp³-hybridized carbons (Fsp3) is 0.238. The largest absolute Gasteiger partial charge is 0.422 e. The van der Waals surface area contributed by atoms with E-state index in [1.54, 1.807) is 48.5 Å². The number of hydrogen-bond donors (Lipinski definition) is 0. The lowest BCUT2D eigenvalue weighted by atomic mass is 10.1. The number of halogens is 1. The van der Waals surface area contributed by atoms with Crippen LogP contribution < -0.4 is 5.63 Å². The van der Waals surface area contributed by atoms with Gasteiger partial charge in [-0.1, -0.05) is 41.9 Å². The summed E-state index contributed by atoms with van der Waals surface area (Å²) in [6, 6.07) is 14.9. The number of carbonyl (C=O) groups excluding carboxylic acids is 1. The van der Waals surface area contributed by atoms with Crippen LogP contribution in [-0.4, -0.2) is 36.8 Å². The molecule has 0 aliphatic carbocycles. The van der Waals surface area contributed by atoms with Gasteiger partial charge in [0.2, 0.25) is 0 Å². The van der Waals surface area contributed by atoms with Crippen LogP contribution in [0.1, 0.15) is 22.3 Å². The number of carbonyl (C=O) groups is 1. The van der Waals surface area contributed by atoms with Gasteiger partial charge >= 0.3 is 5.63 Å². The van der Waals surface area contributed by atoms with E-state index in [2.05, 4.69) is 0 Å². The molecule has 0 radical (unpaired) electrons. The normalized spacial score (nSPS) is 18.0. The zero-order valence-corrected chi connectivity index (χ0v) is 16.9. The van der Waals surface area contributed by atoms with Crippen LogP contribution in [0, 0.1) is 0 Å². The maximum atomic E-state index is 13.3. The van der Waals surface area contributed by atoms with Crippen molar-refractivity contribution in [3.8, 4) is 0 Å². The number of fused-ring (bicyclic) bond motifs is 1.